The Bertz CT molecular complexity index is 486. The highest BCUT2D eigenvalue weighted by atomic mass is 19.1. The lowest BCUT2D eigenvalue weighted by atomic mass is 9.90. The fourth-order valence-electron chi connectivity index (χ4n) is 2.78. The van der Waals surface area contributed by atoms with Gasteiger partial charge in [-0.05, 0) is 44.1 Å². The highest BCUT2D eigenvalue weighted by Gasteiger charge is 2.41. The van der Waals surface area contributed by atoms with E-state index < -0.39 is 0 Å². The number of carbonyl (C=O) groups is 1. The molecule has 2 fully saturated rings. The van der Waals surface area contributed by atoms with Gasteiger partial charge in [-0.3, -0.25) is 4.79 Å². The molecule has 19 heavy (non-hydrogen) atoms. The van der Waals surface area contributed by atoms with Crippen LogP contribution in [0.4, 0.5) is 10.1 Å². The van der Waals surface area contributed by atoms with E-state index in [0.717, 1.165) is 25.9 Å². The van der Waals surface area contributed by atoms with E-state index in [2.05, 4.69) is 5.32 Å². The molecule has 102 valence electrons. The number of carbonyl (C=O) groups excluding carboxylic acids is 1. The maximum absolute atomic E-state index is 13.3. The number of hydrogen-bond acceptors (Lipinski definition) is 3. The Morgan fingerprint density at radius 3 is 2.84 bits per heavy atom. The molecule has 1 N–H and O–H groups in total. The van der Waals surface area contributed by atoms with Gasteiger partial charge in [0.1, 0.15) is 12.4 Å². The average Bonchev–Trinajstić information content (AvgIpc) is 2.43. The van der Waals surface area contributed by atoms with Gasteiger partial charge in [0.15, 0.2) is 0 Å². The van der Waals surface area contributed by atoms with Crippen LogP contribution in [0.25, 0.3) is 0 Å². The predicted octanol–water partition coefficient (Wildman–Crippen LogP) is 1.31. The Balaban J connectivity index is 1.85. The van der Waals surface area contributed by atoms with E-state index in [4.69, 9.17) is 4.74 Å². The summed E-state index contributed by atoms with van der Waals surface area (Å²) in [4.78, 5) is 13.6. The summed E-state index contributed by atoms with van der Waals surface area (Å²) in [6.07, 6.45) is 1.76. The molecule has 0 saturated carbocycles. The lowest BCUT2D eigenvalue weighted by molar-refractivity contribution is -0.141. The molecule has 0 atom stereocenters. The second kappa shape index (κ2) is 4.90. The lowest BCUT2D eigenvalue weighted by Crippen LogP contribution is -2.58. The molecule has 4 nitrogen and oxygen atoms in total. The highest BCUT2D eigenvalue weighted by Crippen LogP contribution is 2.30. The van der Waals surface area contributed by atoms with E-state index in [1.54, 1.807) is 17.0 Å². The summed E-state index contributed by atoms with van der Waals surface area (Å²) in [6, 6.07) is 6.18. The van der Waals surface area contributed by atoms with Gasteiger partial charge in [-0.15, -0.1) is 0 Å². The van der Waals surface area contributed by atoms with Crippen LogP contribution in [-0.4, -0.2) is 37.7 Å². The first-order valence-corrected chi connectivity index (χ1v) is 6.59. The van der Waals surface area contributed by atoms with Crippen molar-refractivity contribution in [1.29, 1.82) is 0 Å². The van der Waals surface area contributed by atoms with Crippen molar-refractivity contribution in [3.05, 3.63) is 30.1 Å². The maximum Gasteiger partial charge on any atom is 0.253 e. The minimum absolute atomic E-state index is 0.0799. The van der Waals surface area contributed by atoms with Crippen molar-refractivity contribution in [2.45, 2.75) is 18.4 Å². The minimum atomic E-state index is -0.323. The van der Waals surface area contributed by atoms with E-state index >= 15 is 0 Å². The molecule has 0 aromatic heterocycles. The smallest absolute Gasteiger partial charge is 0.253 e. The summed E-state index contributed by atoms with van der Waals surface area (Å²) in [5, 5.41) is 3.29. The lowest BCUT2D eigenvalue weighted by Gasteiger charge is -2.44. The van der Waals surface area contributed by atoms with Gasteiger partial charge in [-0.25, -0.2) is 4.39 Å². The first-order chi connectivity index (χ1) is 9.19. The van der Waals surface area contributed by atoms with Crippen LogP contribution in [0, 0.1) is 5.82 Å². The van der Waals surface area contributed by atoms with Crippen LogP contribution in [0.3, 0.4) is 0 Å². The third kappa shape index (κ3) is 2.48. The molecule has 0 aliphatic carbocycles. The van der Waals surface area contributed by atoms with Crippen molar-refractivity contribution < 1.29 is 13.9 Å². The van der Waals surface area contributed by atoms with E-state index in [9.17, 15) is 9.18 Å². The minimum Gasteiger partial charge on any atom is -0.363 e. The first-order valence-electron chi connectivity index (χ1n) is 6.59. The van der Waals surface area contributed by atoms with Gasteiger partial charge >= 0.3 is 0 Å². The molecule has 1 aromatic rings. The fourth-order valence-corrected chi connectivity index (χ4v) is 2.78. The third-order valence-electron chi connectivity index (χ3n) is 3.88. The number of nitrogens with zero attached hydrogens (tertiary/aromatic N) is 1. The van der Waals surface area contributed by atoms with Crippen LogP contribution in [0.1, 0.15) is 12.8 Å². The molecule has 2 aliphatic rings. The largest absolute Gasteiger partial charge is 0.363 e. The Hall–Kier alpha value is -1.46. The molecule has 1 aromatic carbocycles. The van der Waals surface area contributed by atoms with Gasteiger partial charge in [0.2, 0.25) is 0 Å². The maximum atomic E-state index is 13.3. The van der Waals surface area contributed by atoms with Crippen LogP contribution >= 0.6 is 0 Å². The molecule has 2 saturated heterocycles. The van der Waals surface area contributed by atoms with Crippen molar-refractivity contribution in [3.8, 4) is 0 Å². The zero-order valence-corrected chi connectivity index (χ0v) is 10.7. The Kier molecular flexibility index (Phi) is 3.24. The quantitative estimate of drug-likeness (QED) is 0.831. The molecule has 3 rings (SSSR count). The third-order valence-corrected chi connectivity index (χ3v) is 3.88. The van der Waals surface area contributed by atoms with Crippen LogP contribution in [-0.2, 0) is 9.53 Å². The molecule has 5 heteroatoms. The van der Waals surface area contributed by atoms with E-state index in [-0.39, 0.29) is 23.9 Å². The number of nitrogens with one attached hydrogen (secondary N) is 1. The van der Waals surface area contributed by atoms with Crippen LogP contribution in [0.5, 0.6) is 0 Å². The molecule has 0 bridgehead atoms. The van der Waals surface area contributed by atoms with Crippen molar-refractivity contribution in [3.63, 3.8) is 0 Å². The summed E-state index contributed by atoms with van der Waals surface area (Å²) in [7, 11) is 0. The fraction of sp³-hybridized carbons (Fsp3) is 0.500. The summed E-state index contributed by atoms with van der Waals surface area (Å²) < 4.78 is 19.1. The molecular weight excluding hydrogens is 247 g/mol. The number of anilines is 1. The van der Waals surface area contributed by atoms with Gasteiger partial charge < -0.3 is 15.0 Å². The van der Waals surface area contributed by atoms with Crippen molar-refractivity contribution in [2.24, 2.45) is 0 Å². The topological polar surface area (TPSA) is 41.6 Å². The average molecular weight is 264 g/mol. The number of morpholine rings is 1. The van der Waals surface area contributed by atoms with Gasteiger partial charge in [0.05, 0.1) is 12.1 Å². The molecule has 2 heterocycles. The second-order valence-electron chi connectivity index (χ2n) is 5.18. The van der Waals surface area contributed by atoms with E-state index in [0.29, 0.717) is 12.2 Å². The Labute approximate surface area is 111 Å². The predicted molar refractivity (Wildman–Crippen MR) is 69.5 cm³/mol. The SMILES string of the molecule is O=C1COC2(CCNCC2)CN1c1cccc(F)c1. The molecule has 2 aliphatic heterocycles. The normalized spacial score (nSPS) is 22.8. The zero-order valence-electron chi connectivity index (χ0n) is 10.7. The molecular formula is C14H17FN2O2. The summed E-state index contributed by atoms with van der Waals surface area (Å²) >= 11 is 0. The zero-order chi connectivity index (χ0) is 13.3. The summed E-state index contributed by atoms with van der Waals surface area (Å²) in [5.41, 5.74) is 0.345. The molecule has 1 spiro atoms. The Morgan fingerprint density at radius 1 is 1.32 bits per heavy atom. The number of piperidine rings is 1. The number of amides is 1. The highest BCUT2D eigenvalue weighted by molar-refractivity contribution is 5.95. The number of hydrogen-bond donors (Lipinski definition) is 1. The van der Waals surface area contributed by atoms with Crippen LogP contribution < -0.4 is 10.2 Å². The van der Waals surface area contributed by atoms with Gasteiger partial charge in [-0.1, -0.05) is 6.07 Å². The van der Waals surface area contributed by atoms with Crippen molar-refractivity contribution in [1.82, 2.24) is 5.32 Å². The second-order valence-corrected chi connectivity index (χ2v) is 5.18. The van der Waals surface area contributed by atoms with Gasteiger partial charge in [-0.2, -0.15) is 0 Å². The van der Waals surface area contributed by atoms with Crippen molar-refractivity contribution >= 4 is 11.6 Å². The Morgan fingerprint density at radius 2 is 2.11 bits per heavy atom. The van der Waals surface area contributed by atoms with Crippen LogP contribution in [0.2, 0.25) is 0 Å². The van der Waals surface area contributed by atoms with Gasteiger partial charge in [0, 0.05) is 5.69 Å². The van der Waals surface area contributed by atoms with Gasteiger partial charge in [0.25, 0.3) is 5.91 Å². The van der Waals surface area contributed by atoms with E-state index in [1.165, 1.54) is 12.1 Å². The van der Waals surface area contributed by atoms with Crippen molar-refractivity contribution in [2.75, 3.05) is 31.1 Å². The van der Waals surface area contributed by atoms with E-state index in [1.807, 2.05) is 0 Å². The summed E-state index contributed by atoms with van der Waals surface area (Å²) in [5.74, 6) is -0.425. The number of halogens is 1. The monoisotopic (exact) mass is 264 g/mol. The standard InChI is InChI=1S/C14H17FN2O2/c15-11-2-1-3-12(8-11)17-10-14(19-9-13(17)18)4-6-16-7-5-14/h1-3,8,16H,4-7,9-10H2. The number of benzene rings is 1. The molecule has 1 amide bonds. The van der Waals surface area contributed by atoms with Crippen LogP contribution in [0.15, 0.2) is 24.3 Å². The summed E-state index contributed by atoms with van der Waals surface area (Å²) in [6.45, 7) is 2.38. The molecule has 0 unspecified atom stereocenters. The molecule has 0 radical (unpaired) electrons. The first kappa shape index (κ1) is 12.6. The number of rotatable bonds is 1. The number of ether oxygens (including phenoxy) is 1.